The smallest absolute Gasteiger partial charge is 0.00804 e. The summed E-state index contributed by atoms with van der Waals surface area (Å²) in [4.78, 5) is 0. The summed E-state index contributed by atoms with van der Waals surface area (Å²) >= 11 is 0. The van der Waals surface area contributed by atoms with Gasteiger partial charge in [0.25, 0.3) is 0 Å². The Morgan fingerprint density at radius 3 is 1.50 bits per heavy atom. The van der Waals surface area contributed by atoms with E-state index in [1.54, 1.807) is 0 Å². The van der Waals surface area contributed by atoms with Crippen molar-refractivity contribution in [3.05, 3.63) is 0 Å². The third kappa shape index (κ3) is 20.5. The molecule has 1 nitrogen and oxygen atoms in total. The van der Waals surface area contributed by atoms with E-state index in [9.17, 15) is 0 Å². The van der Waals surface area contributed by atoms with E-state index in [1.165, 1.54) is 0 Å². The lowest BCUT2D eigenvalue weighted by molar-refractivity contribution is 0.864. The van der Waals surface area contributed by atoms with Crippen molar-refractivity contribution < 1.29 is 0 Å². The molecule has 0 atom stereocenters. The molecule has 0 fully saturated rings. The minimum absolute atomic E-state index is 0. The first-order chi connectivity index (χ1) is 1.91. The van der Waals surface area contributed by atoms with Gasteiger partial charge in [-0.15, -0.1) is 34.0 Å². The molecule has 0 radical (unpaired) electrons. The third-order valence-electron chi connectivity index (χ3n) is 0.354. The van der Waals surface area contributed by atoms with E-state index >= 15 is 0 Å². The summed E-state index contributed by atoms with van der Waals surface area (Å²) in [6, 6.07) is 0. The number of rotatable bonds is 1. The molecule has 0 aromatic carbocycles. The van der Waals surface area contributed by atoms with Crippen LogP contribution in [0, 0.1) is 0 Å². The Morgan fingerprint density at radius 2 is 1.50 bits per heavy atom. The zero-order valence-electron chi connectivity index (χ0n) is 4.02. The van der Waals surface area contributed by atoms with Gasteiger partial charge in [-0.25, -0.2) is 0 Å². The van der Waals surface area contributed by atoms with E-state index in [0.29, 0.717) is 0 Å². The van der Waals surface area contributed by atoms with Crippen LogP contribution in [0.3, 0.4) is 0 Å². The monoisotopic (exact) mass is 219 g/mol. The topological polar surface area (TPSA) is 12.0 Å². The summed E-state index contributed by atoms with van der Waals surface area (Å²) in [5, 5.41) is 2.93. The molecule has 6 heavy (non-hydrogen) atoms. The fraction of sp³-hybridized carbons (Fsp3) is 1.00. The first kappa shape index (κ1) is 15.8. The van der Waals surface area contributed by atoms with Crippen molar-refractivity contribution in [2.45, 2.75) is 6.92 Å². The van der Waals surface area contributed by atoms with Crippen LogP contribution in [0.4, 0.5) is 0 Å². The van der Waals surface area contributed by atoms with E-state index in [4.69, 9.17) is 0 Å². The van der Waals surface area contributed by atoms with Gasteiger partial charge in [-0.3, -0.25) is 0 Å². The maximum absolute atomic E-state index is 2.93. The quantitative estimate of drug-likeness (QED) is 0.705. The van der Waals surface area contributed by atoms with Crippen LogP contribution in [0.25, 0.3) is 0 Å². The second kappa shape index (κ2) is 16.8. The summed E-state index contributed by atoms with van der Waals surface area (Å²) in [5.74, 6) is 0. The number of halogens is 2. The molecule has 0 aliphatic carbocycles. The van der Waals surface area contributed by atoms with Crippen molar-refractivity contribution in [3.8, 4) is 0 Å². The maximum Gasteiger partial charge on any atom is -0.00804 e. The lowest BCUT2D eigenvalue weighted by atomic mass is 10.8. The normalized spacial score (nSPS) is 5.00. The summed E-state index contributed by atoms with van der Waals surface area (Å²) in [6.07, 6.45) is 0. The predicted molar refractivity (Wildman–Crippen MR) is 40.2 cm³/mol. The summed E-state index contributed by atoms with van der Waals surface area (Å²) in [5.41, 5.74) is 0. The fourth-order valence-corrected chi connectivity index (χ4v) is 0. The van der Waals surface area contributed by atoms with E-state index < -0.39 is 0 Å². The molecule has 1 N–H and O–H groups in total. The van der Waals surface area contributed by atoms with Gasteiger partial charge < -0.3 is 5.32 Å². The molecule has 42 valence electrons. The molecule has 0 aromatic heterocycles. The molecule has 0 aromatic rings. The fourth-order valence-electron chi connectivity index (χ4n) is 0. The van der Waals surface area contributed by atoms with Crippen LogP contribution in [0.15, 0.2) is 0 Å². The highest BCUT2D eigenvalue weighted by atomic mass is 79.9. The van der Waals surface area contributed by atoms with Crippen LogP contribution < -0.4 is 5.32 Å². The second-order valence-electron chi connectivity index (χ2n) is 0.707. The number of nitrogens with one attached hydrogen (secondary N) is 1. The van der Waals surface area contributed by atoms with Gasteiger partial charge >= 0.3 is 0 Å². The summed E-state index contributed by atoms with van der Waals surface area (Å²) in [7, 11) is 1.93. The molecule has 3 heteroatoms. The van der Waals surface area contributed by atoms with E-state index in [2.05, 4.69) is 12.2 Å². The molecular weight excluding hydrogens is 210 g/mol. The maximum atomic E-state index is 2.93. The molecule has 0 spiro atoms. The van der Waals surface area contributed by atoms with Gasteiger partial charge in [0.1, 0.15) is 0 Å². The van der Waals surface area contributed by atoms with Crippen LogP contribution in [0.5, 0.6) is 0 Å². The van der Waals surface area contributed by atoms with Crippen LogP contribution >= 0.6 is 34.0 Å². The van der Waals surface area contributed by atoms with Crippen molar-refractivity contribution in [2.75, 3.05) is 13.6 Å². The van der Waals surface area contributed by atoms with E-state index in [1.807, 2.05) is 7.05 Å². The van der Waals surface area contributed by atoms with Crippen molar-refractivity contribution in [2.24, 2.45) is 0 Å². The molecule has 0 saturated heterocycles. The largest absolute Gasteiger partial charge is 0.320 e. The Kier molecular flexibility index (Phi) is 44.2. The SMILES string of the molecule is Br.Br.CCNC. The molecule has 0 bridgehead atoms. The number of hydrogen-bond donors (Lipinski definition) is 1. The molecule has 0 amide bonds. The van der Waals surface area contributed by atoms with Gasteiger partial charge in [0.05, 0.1) is 0 Å². The number of hydrogen-bond acceptors (Lipinski definition) is 1. The Labute approximate surface area is 60.0 Å². The standard InChI is InChI=1S/C3H9N.2BrH/c1-3-4-2;;/h4H,3H2,1-2H3;2*1H. The Balaban J connectivity index is -0.0000000450. The first-order valence-corrected chi connectivity index (χ1v) is 1.56. The molecular formula is C3H11Br2N. The lowest BCUT2D eigenvalue weighted by Crippen LogP contribution is -2.01. The second-order valence-corrected chi connectivity index (χ2v) is 0.707. The average Bonchev–Trinajstić information content (AvgIpc) is 1.37. The third-order valence-corrected chi connectivity index (χ3v) is 0.354. The minimum atomic E-state index is 0. The van der Waals surface area contributed by atoms with Crippen molar-refractivity contribution in [1.29, 1.82) is 0 Å². The summed E-state index contributed by atoms with van der Waals surface area (Å²) in [6.45, 7) is 3.14. The van der Waals surface area contributed by atoms with Gasteiger partial charge in [0.2, 0.25) is 0 Å². The van der Waals surface area contributed by atoms with Crippen LogP contribution in [0.1, 0.15) is 6.92 Å². The molecule has 0 rings (SSSR count). The highest BCUT2D eigenvalue weighted by Gasteiger charge is 1.50. The summed E-state index contributed by atoms with van der Waals surface area (Å²) < 4.78 is 0. The van der Waals surface area contributed by atoms with Gasteiger partial charge in [0, 0.05) is 0 Å². The van der Waals surface area contributed by atoms with Gasteiger partial charge in [-0.2, -0.15) is 0 Å². The lowest BCUT2D eigenvalue weighted by Gasteiger charge is -1.76. The van der Waals surface area contributed by atoms with Crippen molar-refractivity contribution >= 4 is 34.0 Å². The van der Waals surface area contributed by atoms with E-state index in [-0.39, 0.29) is 34.0 Å². The van der Waals surface area contributed by atoms with Crippen LogP contribution in [0.2, 0.25) is 0 Å². The van der Waals surface area contributed by atoms with Gasteiger partial charge in [0.15, 0.2) is 0 Å². The predicted octanol–water partition coefficient (Wildman–Crippen LogP) is 1.38. The zero-order valence-corrected chi connectivity index (χ0v) is 7.45. The Bertz CT molecular complexity index is 10.8. The average molecular weight is 221 g/mol. The molecule has 0 aliphatic rings. The van der Waals surface area contributed by atoms with Crippen molar-refractivity contribution in [3.63, 3.8) is 0 Å². The van der Waals surface area contributed by atoms with Gasteiger partial charge in [-0.05, 0) is 13.6 Å². The Morgan fingerprint density at radius 1 is 1.33 bits per heavy atom. The first-order valence-electron chi connectivity index (χ1n) is 1.56. The van der Waals surface area contributed by atoms with E-state index in [0.717, 1.165) is 6.54 Å². The molecule has 0 heterocycles. The highest BCUT2D eigenvalue weighted by Crippen LogP contribution is 1.34. The molecule has 0 unspecified atom stereocenters. The Hall–Kier alpha value is 0.920. The molecule has 0 aliphatic heterocycles. The van der Waals surface area contributed by atoms with Gasteiger partial charge in [-0.1, -0.05) is 6.92 Å². The van der Waals surface area contributed by atoms with Crippen molar-refractivity contribution in [1.82, 2.24) is 5.32 Å². The molecule has 0 saturated carbocycles. The minimum Gasteiger partial charge on any atom is -0.320 e. The zero-order chi connectivity index (χ0) is 3.41. The van der Waals surface area contributed by atoms with Crippen LogP contribution in [-0.4, -0.2) is 13.6 Å². The highest BCUT2D eigenvalue weighted by molar-refractivity contribution is 8.93. The van der Waals surface area contributed by atoms with Crippen LogP contribution in [-0.2, 0) is 0 Å².